The molecule has 2 heterocycles. The van der Waals surface area contributed by atoms with Gasteiger partial charge in [-0.2, -0.15) is 5.26 Å². The van der Waals surface area contributed by atoms with Crippen molar-refractivity contribution >= 4 is 0 Å². The Labute approximate surface area is 110 Å². The Morgan fingerprint density at radius 1 is 1.22 bits per heavy atom. The van der Waals surface area contributed by atoms with E-state index < -0.39 is 5.54 Å². The number of likely N-dealkylation sites (N-methyl/N-ethyl adjacent to an activating group) is 1. The molecule has 0 spiro atoms. The van der Waals surface area contributed by atoms with Gasteiger partial charge in [0.05, 0.1) is 6.07 Å². The highest BCUT2D eigenvalue weighted by Crippen LogP contribution is 2.39. The van der Waals surface area contributed by atoms with Crippen molar-refractivity contribution < 1.29 is 0 Å². The van der Waals surface area contributed by atoms with E-state index in [1.54, 1.807) is 0 Å². The minimum absolute atomic E-state index is 0.445. The number of nitrogens with two attached hydrogens (primary N) is 1. The number of hydrogen-bond donors (Lipinski definition) is 1. The molecule has 0 aromatic carbocycles. The lowest BCUT2D eigenvalue weighted by Gasteiger charge is -2.32. The lowest BCUT2D eigenvalue weighted by molar-refractivity contribution is 0.192. The fourth-order valence-corrected chi connectivity index (χ4v) is 3.75. The zero-order chi connectivity index (χ0) is 12.8. The number of nitrogens with zero attached hydrogens (tertiary/aromatic N) is 3. The van der Waals surface area contributed by atoms with Crippen molar-refractivity contribution in [1.82, 2.24) is 9.80 Å². The molecule has 3 unspecified atom stereocenters. The average molecular weight is 248 g/mol. The molecule has 1 saturated carbocycles. The summed E-state index contributed by atoms with van der Waals surface area (Å²) in [5.41, 5.74) is 5.71. The van der Waals surface area contributed by atoms with Crippen LogP contribution in [0.2, 0.25) is 0 Å². The van der Waals surface area contributed by atoms with E-state index in [4.69, 9.17) is 5.73 Å². The van der Waals surface area contributed by atoms with Crippen molar-refractivity contribution in [1.29, 1.82) is 5.26 Å². The maximum Gasteiger partial charge on any atom is 0.119 e. The zero-order valence-electron chi connectivity index (χ0n) is 11.3. The van der Waals surface area contributed by atoms with Crippen LogP contribution >= 0.6 is 0 Å². The van der Waals surface area contributed by atoms with Crippen LogP contribution < -0.4 is 5.73 Å². The number of nitriles is 1. The van der Waals surface area contributed by atoms with Gasteiger partial charge in [-0.05, 0) is 51.6 Å². The van der Waals surface area contributed by atoms with Crippen LogP contribution in [0.5, 0.6) is 0 Å². The third kappa shape index (κ3) is 2.16. The number of fused-ring (bicyclic) bond motifs is 2. The summed E-state index contributed by atoms with van der Waals surface area (Å²) in [6.07, 6.45) is 6.18. The Bertz CT molecular complexity index is 359. The summed E-state index contributed by atoms with van der Waals surface area (Å²) in [5, 5.41) is 9.37. The van der Waals surface area contributed by atoms with Gasteiger partial charge in [0.2, 0.25) is 0 Å². The Hall–Kier alpha value is -0.630. The highest BCUT2D eigenvalue weighted by molar-refractivity contribution is 5.15. The van der Waals surface area contributed by atoms with E-state index in [9.17, 15) is 5.26 Å². The Balaban J connectivity index is 1.65. The molecule has 3 rings (SSSR count). The van der Waals surface area contributed by atoms with E-state index in [1.807, 2.05) is 0 Å². The fraction of sp³-hybridized carbons (Fsp3) is 0.929. The molecule has 0 amide bonds. The maximum absolute atomic E-state index is 9.37. The van der Waals surface area contributed by atoms with Gasteiger partial charge >= 0.3 is 0 Å². The first-order chi connectivity index (χ1) is 8.62. The van der Waals surface area contributed by atoms with Gasteiger partial charge in [-0.3, -0.25) is 9.80 Å². The van der Waals surface area contributed by atoms with Gasteiger partial charge in [-0.25, -0.2) is 0 Å². The summed E-state index contributed by atoms with van der Waals surface area (Å²) < 4.78 is 0. The number of likely N-dealkylation sites (tertiary alicyclic amines) is 1. The van der Waals surface area contributed by atoms with Crippen LogP contribution in [-0.4, -0.2) is 54.1 Å². The lowest BCUT2D eigenvalue weighted by atomic mass is 9.95. The average Bonchev–Trinajstić information content (AvgIpc) is 3.13. The number of hydrogen-bond acceptors (Lipinski definition) is 4. The van der Waals surface area contributed by atoms with Crippen LogP contribution in [0.3, 0.4) is 0 Å². The Kier molecular flexibility index (Phi) is 3.09. The van der Waals surface area contributed by atoms with Gasteiger partial charge in [0, 0.05) is 25.2 Å². The molecule has 18 heavy (non-hydrogen) atoms. The van der Waals surface area contributed by atoms with Crippen molar-refractivity contribution in [3.05, 3.63) is 0 Å². The van der Waals surface area contributed by atoms with Crippen molar-refractivity contribution in [3.63, 3.8) is 0 Å². The summed E-state index contributed by atoms with van der Waals surface area (Å²) >= 11 is 0. The third-order valence-electron chi connectivity index (χ3n) is 5.23. The molecule has 3 atom stereocenters. The van der Waals surface area contributed by atoms with Crippen LogP contribution in [0.15, 0.2) is 0 Å². The van der Waals surface area contributed by atoms with E-state index in [-0.39, 0.29) is 0 Å². The monoisotopic (exact) mass is 248 g/mol. The molecule has 3 fully saturated rings. The molecule has 2 bridgehead atoms. The first-order valence-electron chi connectivity index (χ1n) is 7.27. The van der Waals surface area contributed by atoms with E-state index in [0.29, 0.717) is 12.0 Å². The summed E-state index contributed by atoms with van der Waals surface area (Å²) in [7, 11) is 2.26. The predicted octanol–water partition coefficient (Wildman–Crippen LogP) is 0.786. The fourth-order valence-electron chi connectivity index (χ4n) is 3.75. The molecule has 0 aromatic rings. The molecule has 3 aliphatic rings. The largest absolute Gasteiger partial charge is 0.312 e. The van der Waals surface area contributed by atoms with E-state index in [1.165, 1.54) is 19.3 Å². The maximum atomic E-state index is 9.37. The molecule has 2 N–H and O–H groups in total. The zero-order valence-corrected chi connectivity index (χ0v) is 11.3. The van der Waals surface area contributed by atoms with Gasteiger partial charge in [-0.15, -0.1) is 0 Å². The van der Waals surface area contributed by atoms with Crippen molar-refractivity contribution in [2.45, 2.75) is 49.7 Å². The SMILES string of the molecule is CN1C2CCC1CN(CC(N)(C#N)C1CC1)CC2. The first-order valence-corrected chi connectivity index (χ1v) is 7.27. The van der Waals surface area contributed by atoms with Gasteiger partial charge < -0.3 is 5.73 Å². The second-order valence-corrected chi connectivity index (χ2v) is 6.50. The van der Waals surface area contributed by atoms with Crippen LogP contribution in [0.1, 0.15) is 32.1 Å². The van der Waals surface area contributed by atoms with E-state index >= 15 is 0 Å². The standard InChI is InChI=1S/C14H24N4/c1-17-12-4-5-13(17)8-18(7-6-12)10-14(16,9-15)11-2-3-11/h11-13H,2-8,10,16H2,1H3. The van der Waals surface area contributed by atoms with Crippen molar-refractivity contribution in [2.24, 2.45) is 11.7 Å². The van der Waals surface area contributed by atoms with E-state index in [2.05, 4.69) is 22.9 Å². The quantitative estimate of drug-likeness (QED) is 0.802. The molecule has 4 heteroatoms. The molecule has 1 aliphatic carbocycles. The normalized spacial score (nSPS) is 36.9. The third-order valence-corrected chi connectivity index (χ3v) is 5.23. The highest BCUT2D eigenvalue weighted by atomic mass is 15.3. The second-order valence-electron chi connectivity index (χ2n) is 6.50. The molecule has 4 nitrogen and oxygen atoms in total. The van der Waals surface area contributed by atoms with Crippen molar-refractivity contribution in [3.8, 4) is 6.07 Å². The summed E-state index contributed by atoms with van der Waals surface area (Å²) in [5.74, 6) is 0.445. The predicted molar refractivity (Wildman–Crippen MR) is 70.9 cm³/mol. The minimum Gasteiger partial charge on any atom is -0.312 e. The minimum atomic E-state index is -0.595. The van der Waals surface area contributed by atoms with Crippen LogP contribution in [0, 0.1) is 17.2 Å². The Morgan fingerprint density at radius 2 is 1.94 bits per heavy atom. The van der Waals surface area contributed by atoms with Crippen LogP contribution in [0.4, 0.5) is 0 Å². The summed E-state index contributed by atoms with van der Waals surface area (Å²) in [6.45, 7) is 2.98. The van der Waals surface area contributed by atoms with Gasteiger partial charge in [-0.1, -0.05) is 0 Å². The van der Waals surface area contributed by atoms with Crippen molar-refractivity contribution in [2.75, 3.05) is 26.7 Å². The smallest absolute Gasteiger partial charge is 0.119 e. The molecular weight excluding hydrogens is 224 g/mol. The van der Waals surface area contributed by atoms with Gasteiger partial charge in [0.15, 0.2) is 0 Å². The van der Waals surface area contributed by atoms with Crippen LogP contribution in [0.25, 0.3) is 0 Å². The van der Waals surface area contributed by atoms with Gasteiger partial charge in [0.25, 0.3) is 0 Å². The Morgan fingerprint density at radius 3 is 2.61 bits per heavy atom. The first kappa shape index (κ1) is 12.4. The molecule has 0 radical (unpaired) electrons. The highest BCUT2D eigenvalue weighted by Gasteiger charge is 2.45. The topological polar surface area (TPSA) is 56.3 Å². The number of rotatable bonds is 3. The molecule has 2 saturated heterocycles. The molecule has 0 aromatic heterocycles. The van der Waals surface area contributed by atoms with Gasteiger partial charge in [0.1, 0.15) is 5.54 Å². The lowest BCUT2D eigenvalue weighted by Crippen LogP contribution is -2.52. The van der Waals surface area contributed by atoms with E-state index in [0.717, 1.165) is 38.5 Å². The van der Waals surface area contributed by atoms with Crippen LogP contribution in [-0.2, 0) is 0 Å². The summed E-state index contributed by atoms with van der Waals surface area (Å²) in [4.78, 5) is 4.99. The molecule has 100 valence electrons. The molecule has 2 aliphatic heterocycles. The summed E-state index contributed by atoms with van der Waals surface area (Å²) in [6, 6.07) is 3.83. The second kappa shape index (κ2) is 4.48. The molecular formula is C14H24N4.